The van der Waals surface area contributed by atoms with E-state index in [0.29, 0.717) is 0 Å². The molecule has 1 fully saturated rings. The van der Waals surface area contributed by atoms with E-state index in [1.54, 1.807) is 0 Å². The van der Waals surface area contributed by atoms with Gasteiger partial charge in [-0.05, 0) is 37.2 Å². The summed E-state index contributed by atoms with van der Waals surface area (Å²) in [5.41, 5.74) is 2.58. The normalized spacial score (nSPS) is 19.7. The molecule has 0 spiro atoms. The Balaban J connectivity index is 1.59. The highest BCUT2D eigenvalue weighted by Gasteiger charge is 2.22. The summed E-state index contributed by atoms with van der Waals surface area (Å²) in [7, 11) is 4.22. The smallest absolute Gasteiger partial charge is 0.0967 e. The molecule has 1 atom stereocenters. The van der Waals surface area contributed by atoms with Crippen molar-refractivity contribution >= 4 is 11.3 Å². The van der Waals surface area contributed by atoms with Gasteiger partial charge in [0.1, 0.15) is 0 Å². The third-order valence-electron chi connectivity index (χ3n) is 3.79. The maximum Gasteiger partial charge on any atom is 0.0967 e. The van der Waals surface area contributed by atoms with Gasteiger partial charge < -0.3 is 9.64 Å². The van der Waals surface area contributed by atoms with Crippen LogP contribution < -0.4 is 0 Å². The number of hydrogen-bond donors (Lipinski definition) is 0. The molecule has 0 aromatic carbocycles. The van der Waals surface area contributed by atoms with E-state index in [0.717, 1.165) is 32.8 Å². The van der Waals surface area contributed by atoms with Crippen molar-refractivity contribution in [2.75, 3.05) is 33.8 Å². The molecule has 4 nitrogen and oxygen atoms in total. The number of thiophene rings is 1. The molecule has 0 bridgehead atoms. The Morgan fingerprint density at radius 1 is 1.45 bits per heavy atom. The summed E-state index contributed by atoms with van der Waals surface area (Å²) >= 11 is 1.86. The van der Waals surface area contributed by atoms with Crippen molar-refractivity contribution in [2.24, 2.45) is 0 Å². The Bertz CT molecular complexity index is 585. The average Bonchev–Trinajstić information content (AvgIpc) is 2.94. The van der Waals surface area contributed by atoms with Crippen LogP contribution in [0.5, 0.6) is 0 Å². The number of hydrogen-bond acceptors (Lipinski definition) is 5. The monoisotopic (exact) mass is 317 g/mol. The highest BCUT2D eigenvalue weighted by molar-refractivity contribution is 7.10. The van der Waals surface area contributed by atoms with E-state index in [1.807, 2.05) is 29.8 Å². The minimum Gasteiger partial charge on any atom is -0.371 e. The zero-order valence-corrected chi connectivity index (χ0v) is 14.1. The Morgan fingerprint density at radius 3 is 3.14 bits per heavy atom. The van der Waals surface area contributed by atoms with Gasteiger partial charge in [0.25, 0.3) is 0 Å². The second-order valence-corrected chi connectivity index (χ2v) is 7.04. The first-order valence-corrected chi connectivity index (χ1v) is 8.53. The van der Waals surface area contributed by atoms with E-state index < -0.39 is 0 Å². The molecule has 0 aliphatic carbocycles. The van der Waals surface area contributed by atoms with Crippen molar-refractivity contribution in [3.63, 3.8) is 0 Å². The van der Waals surface area contributed by atoms with Gasteiger partial charge in [0, 0.05) is 49.0 Å². The van der Waals surface area contributed by atoms with Gasteiger partial charge in [-0.3, -0.25) is 9.88 Å². The van der Waals surface area contributed by atoms with Crippen LogP contribution in [-0.4, -0.2) is 48.6 Å². The summed E-state index contributed by atoms with van der Waals surface area (Å²) in [6, 6.07) is 6.41. The van der Waals surface area contributed by atoms with Gasteiger partial charge >= 0.3 is 0 Å². The molecule has 0 unspecified atom stereocenters. The predicted octanol–water partition coefficient (Wildman–Crippen LogP) is 2.78. The molecule has 2 aromatic heterocycles. The summed E-state index contributed by atoms with van der Waals surface area (Å²) in [4.78, 5) is 10.3. The lowest BCUT2D eigenvalue weighted by molar-refractivity contribution is -0.0327. The summed E-state index contributed by atoms with van der Waals surface area (Å²) in [6.07, 6.45) is 3.86. The van der Waals surface area contributed by atoms with Gasteiger partial charge in [0.15, 0.2) is 0 Å². The Morgan fingerprint density at radius 2 is 2.36 bits per heavy atom. The van der Waals surface area contributed by atoms with Crippen molar-refractivity contribution in [3.8, 4) is 0 Å². The second-order valence-electron chi connectivity index (χ2n) is 6.04. The molecule has 1 saturated heterocycles. The standard InChI is InChI=1S/C17H23N3OS/c1-19(2)10-14-8-16(22-13-14)11-20-6-7-21-17(12-20)15-4-3-5-18-9-15/h3-5,8-9,13,17H,6-7,10-12H2,1-2H3/t17-/m0/s1. The van der Waals surface area contributed by atoms with E-state index >= 15 is 0 Å². The first-order valence-electron chi connectivity index (χ1n) is 7.65. The molecular formula is C17H23N3OS. The maximum atomic E-state index is 5.90. The van der Waals surface area contributed by atoms with Crippen LogP contribution in [0.3, 0.4) is 0 Å². The van der Waals surface area contributed by atoms with Crippen molar-refractivity contribution in [1.82, 2.24) is 14.8 Å². The van der Waals surface area contributed by atoms with Gasteiger partial charge in [0.2, 0.25) is 0 Å². The molecule has 1 aliphatic rings. The Labute approximate surface area is 136 Å². The van der Waals surface area contributed by atoms with E-state index in [-0.39, 0.29) is 6.10 Å². The van der Waals surface area contributed by atoms with Crippen LogP contribution in [0.2, 0.25) is 0 Å². The minimum atomic E-state index is 0.142. The van der Waals surface area contributed by atoms with Gasteiger partial charge in [-0.1, -0.05) is 6.07 Å². The van der Waals surface area contributed by atoms with E-state index in [2.05, 4.69) is 46.4 Å². The van der Waals surface area contributed by atoms with E-state index in [1.165, 1.54) is 16.0 Å². The van der Waals surface area contributed by atoms with Gasteiger partial charge in [-0.25, -0.2) is 0 Å². The highest BCUT2D eigenvalue weighted by atomic mass is 32.1. The SMILES string of the molecule is CN(C)Cc1csc(CN2CCO[C@H](c3cccnc3)C2)c1. The average molecular weight is 317 g/mol. The lowest BCUT2D eigenvalue weighted by Gasteiger charge is -2.32. The zero-order valence-electron chi connectivity index (χ0n) is 13.2. The topological polar surface area (TPSA) is 28.6 Å². The first-order chi connectivity index (χ1) is 10.7. The lowest BCUT2D eigenvalue weighted by atomic mass is 10.1. The first kappa shape index (κ1) is 15.6. The molecule has 5 heteroatoms. The van der Waals surface area contributed by atoms with Crippen LogP contribution in [0.15, 0.2) is 36.0 Å². The largest absolute Gasteiger partial charge is 0.371 e. The zero-order chi connectivity index (χ0) is 15.4. The molecule has 2 aromatic rings. The fourth-order valence-corrected chi connectivity index (χ4v) is 3.71. The van der Waals surface area contributed by atoms with Crippen molar-refractivity contribution in [2.45, 2.75) is 19.2 Å². The number of morpholine rings is 1. The number of pyridine rings is 1. The minimum absolute atomic E-state index is 0.142. The summed E-state index contributed by atoms with van der Waals surface area (Å²) in [6.45, 7) is 4.75. The van der Waals surface area contributed by atoms with Crippen LogP contribution in [0, 0.1) is 0 Å². The van der Waals surface area contributed by atoms with Gasteiger partial charge in [0.05, 0.1) is 12.7 Å². The van der Waals surface area contributed by atoms with Crippen molar-refractivity contribution in [1.29, 1.82) is 0 Å². The molecule has 0 radical (unpaired) electrons. The van der Waals surface area contributed by atoms with Gasteiger partial charge in [-0.15, -0.1) is 11.3 Å². The molecule has 22 heavy (non-hydrogen) atoms. The third kappa shape index (κ3) is 4.14. The summed E-state index contributed by atoms with van der Waals surface area (Å²) in [5.74, 6) is 0. The number of aromatic nitrogens is 1. The highest BCUT2D eigenvalue weighted by Crippen LogP contribution is 2.24. The fourth-order valence-electron chi connectivity index (χ4n) is 2.79. The van der Waals surface area contributed by atoms with E-state index in [9.17, 15) is 0 Å². The number of ether oxygens (including phenoxy) is 1. The Hall–Kier alpha value is -1.27. The van der Waals surface area contributed by atoms with Crippen LogP contribution in [-0.2, 0) is 17.8 Å². The molecule has 0 amide bonds. The predicted molar refractivity (Wildman–Crippen MR) is 89.9 cm³/mol. The number of nitrogens with zero attached hydrogens (tertiary/aromatic N) is 3. The lowest BCUT2D eigenvalue weighted by Crippen LogP contribution is -2.37. The molecule has 0 saturated carbocycles. The molecule has 0 N–H and O–H groups in total. The molecule has 3 rings (SSSR count). The third-order valence-corrected chi connectivity index (χ3v) is 4.76. The summed E-state index contributed by atoms with van der Waals surface area (Å²) < 4.78 is 5.90. The van der Waals surface area contributed by atoms with E-state index in [4.69, 9.17) is 4.74 Å². The van der Waals surface area contributed by atoms with Gasteiger partial charge in [-0.2, -0.15) is 0 Å². The molecular weight excluding hydrogens is 294 g/mol. The molecule has 1 aliphatic heterocycles. The maximum absolute atomic E-state index is 5.90. The van der Waals surface area contributed by atoms with Crippen LogP contribution in [0.25, 0.3) is 0 Å². The van der Waals surface area contributed by atoms with Crippen molar-refractivity contribution in [3.05, 3.63) is 52.0 Å². The van der Waals surface area contributed by atoms with Crippen LogP contribution in [0.1, 0.15) is 22.1 Å². The quantitative estimate of drug-likeness (QED) is 0.848. The van der Waals surface area contributed by atoms with Crippen LogP contribution in [0.4, 0.5) is 0 Å². The molecule has 118 valence electrons. The second kappa shape index (κ2) is 7.33. The van der Waals surface area contributed by atoms with Crippen LogP contribution >= 0.6 is 11.3 Å². The molecule has 3 heterocycles. The number of rotatable bonds is 5. The summed E-state index contributed by atoms with van der Waals surface area (Å²) in [5, 5.41) is 2.27. The Kier molecular flexibility index (Phi) is 5.20. The fraction of sp³-hybridized carbons (Fsp3) is 0.471. The van der Waals surface area contributed by atoms with Crippen molar-refractivity contribution < 1.29 is 4.74 Å².